The molecule has 0 saturated carbocycles. The molecule has 90 valence electrons. The molecule has 1 heterocycles. The van der Waals surface area contributed by atoms with Gasteiger partial charge in [-0.1, -0.05) is 13.8 Å². The van der Waals surface area contributed by atoms with Crippen molar-refractivity contribution in [1.29, 1.82) is 0 Å². The van der Waals surface area contributed by atoms with Gasteiger partial charge in [0, 0.05) is 35.4 Å². The van der Waals surface area contributed by atoms with Crippen LogP contribution in [0.1, 0.15) is 29.1 Å². The molecule has 0 spiro atoms. The first-order chi connectivity index (χ1) is 7.44. The van der Waals surface area contributed by atoms with Crippen LogP contribution in [0.25, 0.3) is 0 Å². The van der Waals surface area contributed by atoms with E-state index in [1.165, 1.54) is 11.3 Å². The molecule has 16 heavy (non-hydrogen) atoms. The lowest BCUT2D eigenvalue weighted by Gasteiger charge is -2.21. The molecule has 1 aromatic rings. The number of carbonyl (C=O) groups is 1. The van der Waals surface area contributed by atoms with Crippen LogP contribution >= 0.6 is 11.3 Å². The molecular formula is C11H18N2O2S. The van der Waals surface area contributed by atoms with Crippen molar-refractivity contribution in [2.75, 3.05) is 13.2 Å². The number of aliphatic hydroxyl groups excluding tert-OH is 1. The lowest BCUT2D eigenvalue weighted by Crippen LogP contribution is -2.31. The van der Waals surface area contributed by atoms with Gasteiger partial charge in [-0.2, -0.15) is 0 Å². The van der Waals surface area contributed by atoms with Crippen LogP contribution in [0.15, 0.2) is 11.4 Å². The van der Waals surface area contributed by atoms with Crippen molar-refractivity contribution in [1.82, 2.24) is 5.32 Å². The Balaban J connectivity index is 2.40. The summed E-state index contributed by atoms with van der Waals surface area (Å²) in [7, 11) is 0. The number of primary amides is 1. The van der Waals surface area contributed by atoms with Crippen molar-refractivity contribution in [3.05, 3.63) is 21.9 Å². The first-order valence-corrected chi connectivity index (χ1v) is 6.01. The summed E-state index contributed by atoms with van der Waals surface area (Å²) < 4.78 is 0. The maximum absolute atomic E-state index is 10.9. The summed E-state index contributed by atoms with van der Waals surface area (Å²) in [6.07, 6.45) is 0. The summed E-state index contributed by atoms with van der Waals surface area (Å²) >= 11 is 1.51. The van der Waals surface area contributed by atoms with E-state index in [1.807, 2.05) is 13.8 Å². The Bertz CT molecular complexity index is 361. The summed E-state index contributed by atoms with van der Waals surface area (Å²) in [5.41, 5.74) is 5.60. The molecule has 1 aromatic heterocycles. The molecule has 0 aliphatic carbocycles. The molecule has 0 aliphatic rings. The second-order valence-corrected chi connectivity index (χ2v) is 5.59. The van der Waals surface area contributed by atoms with Crippen LogP contribution in [0, 0.1) is 5.41 Å². The van der Waals surface area contributed by atoms with Crippen molar-refractivity contribution >= 4 is 17.2 Å². The fourth-order valence-electron chi connectivity index (χ4n) is 1.18. The predicted octanol–water partition coefficient (Wildman–Crippen LogP) is 0.955. The van der Waals surface area contributed by atoms with Gasteiger partial charge in [-0.3, -0.25) is 4.79 Å². The Morgan fingerprint density at radius 1 is 1.62 bits per heavy atom. The molecule has 4 nitrogen and oxygen atoms in total. The van der Waals surface area contributed by atoms with Gasteiger partial charge < -0.3 is 16.2 Å². The minimum atomic E-state index is -0.391. The molecule has 0 radical (unpaired) electrons. The molecule has 1 rings (SSSR count). The minimum Gasteiger partial charge on any atom is -0.396 e. The molecule has 0 atom stereocenters. The van der Waals surface area contributed by atoms with Crippen LogP contribution in [-0.2, 0) is 6.54 Å². The molecule has 0 fully saturated rings. The largest absolute Gasteiger partial charge is 0.396 e. The van der Waals surface area contributed by atoms with Gasteiger partial charge in [-0.05, 0) is 6.07 Å². The van der Waals surface area contributed by atoms with E-state index >= 15 is 0 Å². The van der Waals surface area contributed by atoms with Crippen LogP contribution in [0.2, 0.25) is 0 Å². The van der Waals surface area contributed by atoms with Crippen molar-refractivity contribution < 1.29 is 9.90 Å². The molecule has 0 bridgehead atoms. The number of thiophene rings is 1. The van der Waals surface area contributed by atoms with Gasteiger partial charge in [0.25, 0.3) is 0 Å². The van der Waals surface area contributed by atoms with Gasteiger partial charge in [-0.15, -0.1) is 11.3 Å². The molecule has 4 N–H and O–H groups in total. The third-order valence-electron chi connectivity index (χ3n) is 2.27. The first-order valence-electron chi connectivity index (χ1n) is 5.13. The van der Waals surface area contributed by atoms with Gasteiger partial charge >= 0.3 is 0 Å². The van der Waals surface area contributed by atoms with Gasteiger partial charge in [0.1, 0.15) is 0 Å². The number of nitrogens with one attached hydrogen (secondary N) is 1. The summed E-state index contributed by atoms with van der Waals surface area (Å²) in [4.78, 5) is 11.9. The number of hydrogen-bond acceptors (Lipinski definition) is 4. The highest BCUT2D eigenvalue weighted by Gasteiger charge is 2.15. The summed E-state index contributed by atoms with van der Waals surface area (Å²) in [6.45, 7) is 5.55. The number of nitrogens with two attached hydrogens (primary N) is 1. The topological polar surface area (TPSA) is 75.3 Å². The fourth-order valence-corrected chi connectivity index (χ4v) is 2.03. The normalized spacial score (nSPS) is 11.7. The average Bonchev–Trinajstić information content (AvgIpc) is 2.66. The van der Waals surface area contributed by atoms with E-state index in [-0.39, 0.29) is 12.0 Å². The number of amides is 1. The Labute approximate surface area is 99.5 Å². The molecule has 0 aromatic carbocycles. The second-order valence-electron chi connectivity index (χ2n) is 4.59. The molecule has 1 amide bonds. The van der Waals surface area contributed by atoms with Crippen molar-refractivity contribution in [2.45, 2.75) is 20.4 Å². The predicted molar refractivity (Wildman–Crippen MR) is 65.4 cm³/mol. The van der Waals surface area contributed by atoms with Crippen molar-refractivity contribution in [2.24, 2.45) is 11.1 Å². The lowest BCUT2D eigenvalue weighted by atomic mass is 9.95. The zero-order valence-corrected chi connectivity index (χ0v) is 10.4. The lowest BCUT2D eigenvalue weighted by molar-refractivity contribution is 0.100. The van der Waals surface area contributed by atoms with Crippen LogP contribution < -0.4 is 11.1 Å². The number of aliphatic hydroxyl groups is 1. The van der Waals surface area contributed by atoms with E-state index in [0.717, 1.165) is 11.4 Å². The van der Waals surface area contributed by atoms with Crippen LogP contribution in [0.3, 0.4) is 0 Å². The zero-order chi connectivity index (χ0) is 12.2. The highest BCUT2D eigenvalue weighted by molar-refractivity contribution is 7.10. The van der Waals surface area contributed by atoms with Gasteiger partial charge in [-0.25, -0.2) is 0 Å². The van der Waals surface area contributed by atoms with E-state index in [9.17, 15) is 4.79 Å². The molecule has 0 saturated heterocycles. The average molecular weight is 242 g/mol. The third kappa shape index (κ3) is 3.92. The number of hydrogen-bond donors (Lipinski definition) is 3. The first kappa shape index (κ1) is 13.2. The Morgan fingerprint density at radius 3 is 2.81 bits per heavy atom. The van der Waals surface area contributed by atoms with E-state index in [2.05, 4.69) is 5.32 Å². The summed E-state index contributed by atoms with van der Waals surface area (Å²) in [5.74, 6) is -0.391. The Morgan fingerprint density at radius 2 is 2.31 bits per heavy atom. The van der Waals surface area contributed by atoms with E-state index in [4.69, 9.17) is 10.8 Å². The minimum absolute atomic E-state index is 0.121. The fraction of sp³-hybridized carbons (Fsp3) is 0.545. The Hall–Kier alpha value is -0.910. The van der Waals surface area contributed by atoms with E-state index in [0.29, 0.717) is 12.1 Å². The van der Waals surface area contributed by atoms with Crippen molar-refractivity contribution in [3.63, 3.8) is 0 Å². The molecular weight excluding hydrogens is 224 g/mol. The quantitative estimate of drug-likeness (QED) is 0.695. The van der Waals surface area contributed by atoms with E-state index in [1.54, 1.807) is 11.4 Å². The highest BCUT2D eigenvalue weighted by Crippen LogP contribution is 2.15. The smallest absolute Gasteiger partial charge is 0.249 e. The van der Waals surface area contributed by atoms with Gasteiger partial charge in [0.05, 0.1) is 5.56 Å². The highest BCUT2D eigenvalue weighted by atomic mass is 32.1. The van der Waals surface area contributed by atoms with Crippen LogP contribution in [-0.4, -0.2) is 24.2 Å². The summed E-state index contributed by atoms with van der Waals surface area (Å²) in [6, 6.07) is 1.80. The van der Waals surface area contributed by atoms with Crippen molar-refractivity contribution in [3.8, 4) is 0 Å². The number of carbonyl (C=O) groups excluding carboxylic acids is 1. The van der Waals surface area contributed by atoms with E-state index < -0.39 is 5.91 Å². The molecule has 0 aliphatic heterocycles. The SMILES string of the molecule is CC(C)(CO)CNCc1cc(C(N)=O)cs1. The van der Waals surface area contributed by atoms with Crippen LogP contribution in [0.5, 0.6) is 0 Å². The Kier molecular flexibility index (Phi) is 4.46. The van der Waals surface area contributed by atoms with Gasteiger partial charge in [0.15, 0.2) is 0 Å². The monoisotopic (exact) mass is 242 g/mol. The zero-order valence-electron chi connectivity index (χ0n) is 9.62. The standard InChI is InChI=1S/C11H18N2O2S/c1-11(2,7-14)6-13-4-9-3-8(5-16-9)10(12)15/h3,5,13-14H,4,6-7H2,1-2H3,(H2,12,15). The van der Waals surface area contributed by atoms with Gasteiger partial charge in [0.2, 0.25) is 5.91 Å². The van der Waals surface area contributed by atoms with Crippen LogP contribution in [0.4, 0.5) is 0 Å². The molecule has 0 unspecified atom stereocenters. The molecule has 5 heteroatoms. The maximum atomic E-state index is 10.9. The second kappa shape index (κ2) is 5.43. The third-order valence-corrected chi connectivity index (χ3v) is 3.21. The summed E-state index contributed by atoms with van der Waals surface area (Å²) in [5, 5.41) is 14.1. The number of rotatable bonds is 6. The maximum Gasteiger partial charge on any atom is 0.249 e.